The molecule has 1 unspecified atom stereocenters. The monoisotopic (exact) mass is 160 g/mol. The molecule has 1 N–H and O–H groups in total. The topological polar surface area (TPSA) is 38.7 Å². The first-order valence-corrected chi connectivity index (χ1v) is 3.95. The van der Waals surface area contributed by atoms with Gasteiger partial charge >= 0.3 is 0 Å². The molecule has 3 nitrogen and oxygen atoms in total. The number of rotatable bonds is 1. The standard InChI is InChI=1S/C8H16O3/c1-6-7(9)8(2,10-3)4-5-11-6/h6-7,9H,4-5H2,1-3H3/t6-,7?,8+/m0/s1. The zero-order chi connectivity index (χ0) is 8.48. The molecule has 1 aliphatic heterocycles. The van der Waals surface area contributed by atoms with Crippen molar-refractivity contribution >= 4 is 0 Å². The van der Waals surface area contributed by atoms with Crippen LogP contribution in [0, 0.1) is 0 Å². The summed E-state index contributed by atoms with van der Waals surface area (Å²) >= 11 is 0. The molecule has 1 fully saturated rings. The Hall–Kier alpha value is -0.120. The Morgan fingerprint density at radius 3 is 2.73 bits per heavy atom. The minimum atomic E-state index is -0.513. The van der Waals surface area contributed by atoms with Gasteiger partial charge in [0.2, 0.25) is 0 Å². The average molecular weight is 160 g/mol. The summed E-state index contributed by atoms with van der Waals surface area (Å²) in [4.78, 5) is 0. The summed E-state index contributed by atoms with van der Waals surface area (Å²) in [5, 5.41) is 9.65. The molecule has 0 aliphatic carbocycles. The van der Waals surface area contributed by atoms with E-state index in [-0.39, 0.29) is 6.10 Å². The molecular weight excluding hydrogens is 144 g/mol. The SMILES string of the molecule is CO[C@]1(C)CCO[C@@H](C)C1O. The van der Waals surface area contributed by atoms with Crippen LogP contribution < -0.4 is 0 Å². The molecule has 0 aromatic carbocycles. The Morgan fingerprint density at radius 2 is 2.27 bits per heavy atom. The third kappa shape index (κ3) is 1.55. The van der Waals surface area contributed by atoms with Crippen LogP contribution >= 0.6 is 0 Å². The highest BCUT2D eigenvalue weighted by molar-refractivity contribution is 4.90. The predicted octanol–water partition coefficient (Wildman–Crippen LogP) is 0.561. The van der Waals surface area contributed by atoms with E-state index in [1.54, 1.807) is 7.11 Å². The summed E-state index contributed by atoms with van der Waals surface area (Å²) in [6.45, 7) is 4.44. The highest BCUT2D eigenvalue weighted by Crippen LogP contribution is 2.27. The molecule has 0 aromatic rings. The summed E-state index contributed by atoms with van der Waals surface area (Å²) in [7, 11) is 1.63. The van der Waals surface area contributed by atoms with Crippen LogP contribution in [0.25, 0.3) is 0 Å². The molecule has 0 saturated carbocycles. The second kappa shape index (κ2) is 3.09. The van der Waals surface area contributed by atoms with Crippen LogP contribution in [0.2, 0.25) is 0 Å². The zero-order valence-electron chi connectivity index (χ0n) is 7.33. The molecule has 0 spiro atoms. The van der Waals surface area contributed by atoms with Crippen LogP contribution in [-0.4, -0.2) is 36.6 Å². The Labute approximate surface area is 67.3 Å². The van der Waals surface area contributed by atoms with Crippen molar-refractivity contribution in [1.82, 2.24) is 0 Å². The number of aliphatic hydroxyl groups is 1. The van der Waals surface area contributed by atoms with Gasteiger partial charge in [-0.3, -0.25) is 0 Å². The first kappa shape index (κ1) is 8.97. The Balaban J connectivity index is 2.64. The number of ether oxygens (including phenoxy) is 2. The molecule has 3 atom stereocenters. The van der Waals surface area contributed by atoms with E-state index in [1.807, 2.05) is 13.8 Å². The highest BCUT2D eigenvalue weighted by atomic mass is 16.5. The normalized spacial score (nSPS) is 45.8. The second-order valence-electron chi connectivity index (χ2n) is 3.29. The van der Waals surface area contributed by atoms with Crippen LogP contribution in [0.1, 0.15) is 20.3 Å². The second-order valence-corrected chi connectivity index (χ2v) is 3.29. The van der Waals surface area contributed by atoms with Crippen molar-refractivity contribution in [3.63, 3.8) is 0 Å². The first-order valence-electron chi connectivity index (χ1n) is 3.95. The van der Waals surface area contributed by atoms with Gasteiger partial charge in [0, 0.05) is 20.1 Å². The minimum Gasteiger partial charge on any atom is -0.387 e. The maximum atomic E-state index is 9.65. The van der Waals surface area contributed by atoms with Crippen LogP contribution in [0.3, 0.4) is 0 Å². The predicted molar refractivity (Wildman–Crippen MR) is 41.5 cm³/mol. The molecule has 0 bridgehead atoms. The van der Waals surface area contributed by atoms with Crippen molar-refractivity contribution in [2.24, 2.45) is 0 Å². The number of methoxy groups -OCH3 is 1. The summed E-state index contributed by atoms with van der Waals surface area (Å²) < 4.78 is 10.5. The van der Waals surface area contributed by atoms with Crippen molar-refractivity contribution in [2.45, 2.75) is 38.1 Å². The maximum absolute atomic E-state index is 9.65. The molecule has 1 heterocycles. The lowest BCUT2D eigenvalue weighted by Crippen LogP contribution is -2.52. The third-order valence-corrected chi connectivity index (χ3v) is 2.52. The highest BCUT2D eigenvalue weighted by Gasteiger charge is 2.40. The molecule has 3 heteroatoms. The third-order valence-electron chi connectivity index (χ3n) is 2.52. The van der Waals surface area contributed by atoms with Crippen molar-refractivity contribution in [3.05, 3.63) is 0 Å². The molecule has 0 amide bonds. The lowest BCUT2D eigenvalue weighted by Gasteiger charge is -2.40. The van der Waals surface area contributed by atoms with Crippen molar-refractivity contribution in [3.8, 4) is 0 Å². The van der Waals surface area contributed by atoms with Gasteiger partial charge < -0.3 is 14.6 Å². The van der Waals surface area contributed by atoms with Crippen LogP contribution in [-0.2, 0) is 9.47 Å². The average Bonchev–Trinajstić information content (AvgIpc) is 2.00. The lowest BCUT2D eigenvalue weighted by molar-refractivity contribution is -0.188. The van der Waals surface area contributed by atoms with Gasteiger partial charge in [-0.15, -0.1) is 0 Å². The van der Waals surface area contributed by atoms with E-state index in [9.17, 15) is 5.11 Å². The van der Waals surface area contributed by atoms with Gasteiger partial charge in [-0.05, 0) is 13.8 Å². The molecular formula is C8H16O3. The van der Waals surface area contributed by atoms with Gasteiger partial charge in [-0.2, -0.15) is 0 Å². The fourth-order valence-corrected chi connectivity index (χ4v) is 1.41. The summed E-state index contributed by atoms with van der Waals surface area (Å²) in [6, 6.07) is 0. The fourth-order valence-electron chi connectivity index (χ4n) is 1.41. The van der Waals surface area contributed by atoms with Crippen LogP contribution in [0.5, 0.6) is 0 Å². The molecule has 1 aliphatic rings. The van der Waals surface area contributed by atoms with Crippen molar-refractivity contribution in [2.75, 3.05) is 13.7 Å². The first-order chi connectivity index (χ1) is 5.10. The van der Waals surface area contributed by atoms with E-state index in [0.717, 1.165) is 6.42 Å². The molecule has 11 heavy (non-hydrogen) atoms. The lowest BCUT2D eigenvalue weighted by atomic mass is 9.89. The number of hydrogen-bond acceptors (Lipinski definition) is 3. The van der Waals surface area contributed by atoms with Gasteiger partial charge in [-0.25, -0.2) is 0 Å². The Morgan fingerprint density at radius 1 is 1.64 bits per heavy atom. The summed E-state index contributed by atoms with van der Waals surface area (Å²) in [6.07, 6.45) is 0.129. The summed E-state index contributed by atoms with van der Waals surface area (Å²) in [5.41, 5.74) is -0.419. The van der Waals surface area contributed by atoms with Gasteiger partial charge in [0.05, 0.1) is 11.7 Å². The summed E-state index contributed by atoms with van der Waals surface area (Å²) in [5.74, 6) is 0. The van der Waals surface area contributed by atoms with E-state index in [2.05, 4.69) is 0 Å². The van der Waals surface area contributed by atoms with Gasteiger partial charge in [-0.1, -0.05) is 0 Å². The van der Waals surface area contributed by atoms with Gasteiger partial charge in [0.15, 0.2) is 0 Å². The molecule has 1 saturated heterocycles. The molecule has 66 valence electrons. The maximum Gasteiger partial charge on any atom is 0.109 e. The van der Waals surface area contributed by atoms with E-state index in [1.165, 1.54) is 0 Å². The minimum absolute atomic E-state index is 0.117. The molecule has 1 rings (SSSR count). The Bertz CT molecular complexity index is 137. The molecule has 0 radical (unpaired) electrons. The van der Waals surface area contributed by atoms with Gasteiger partial charge in [0.1, 0.15) is 6.10 Å². The van der Waals surface area contributed by atoms with Gasteiger partial charge in [0.25, 0.3) is 0 Å². The van der Waals surface area contributed by atoms with Crippen LogP contribution in [0.15, 0.2) is 0 Å². The van der Waals surface area contributed by atoms with Crippen molar-refractivity contribution in [1.29, 1.82) is 0 Å². The smallest absolute Gasteiger partial charge is 0.109 e. The zero-order valence-corrected chi connectivity index (χ0v) is 7.33. The van der Waals surface area contributed by atoms with E-state index < -0.39 is 11.7 Å². The van der Waals surface area contributed by atoms with E-state index >= 15 is 0 Å². The van der Waals surface area contributed by atoms with Crippen molar-refractivity contribution < 1.29 is 14.6 Å². The van der Waals surface area contributed by atoms with E-state index in [0.29, 0.717) is 6.61 Å². The largest absolute Gasteiger partial charge is 0.387 e. The number of hydrogen-bond donors (Lipinski definition) is 1. The molecule has 0 aromatic heterocycles. The fraction of sp³-hybridized carbons (Fsp3) is 1.00. The Kier molecular flexibility index (Phi) is 2.52. The quantitative estimate of drug-likeness (QED) is 0.609. The van der Waals surface area contributed by atoms with Crippen LogP contribution in [0.4, 0.5) is 0 Å². The number of aliphatic hydroxyl groups excluding tert-OH is 1. The van der Waals surface area contributed by atoms with E-state index in [4.69, 9.17) is 9.47 Å².